The maximum Gasteiger partial charge on any atom is 0.338 e. The topological polar surface area (TPSA) is 44.8 Å². The van der Waals surface area contributed by atoms with Gasteiger partial charge in [0.15, 0.2) is 0 Å². The molecule has 4 heteroatoms. The number of benzene rings is 1. The molecule has 4 nitrogen and oxygen atoms in total. The van der Waals surface area contributed by atoms with Gasteiger partial charge in [-0.15, -0.1) is 0 Å². The Morgan fingerprint density at radius 3 is 2.56 bits per heavy atom. The Morgan fingerprint density at radius 2 is 2.00 bits per heavy atom. The molecular weight excluding hydrogens is 232 g/mol. The molecule has 2 rings (SSSR count). The molecule has 0 bridgehead atoms. The summed E-state index contributed by atoms with van der Waals surface area (Å²) in [6.07, 6.45) is 1.93. The van der Waals surface area contributed by atoms with E-state index in [1.807, 2.05) is 6.92 Å². The van der Waals surface area contributed by atoms with E-state index in [9.17, 15) is 4.79 Å². The molecule has 2 atom stereocenters. The van der Waals surface area contributed by atoms with Gasteiger partial charge in [-0.1, -0.05) is 0 Å². The van der Waals surface area contributed by atoms with Crippen LogP contribution in [0.3, 0.4) is 0 Å². The lowest BCUT2D eigenvalue weighted by atomic mass is 10.1. The van der Waals surface area contributed by atoms with Crippen molar-refractivity contribution in [3.8, 4) is 5.75 Å². The molecule has 0 aromatic heterocycles. The fourth-order valence-corrected chi connectivity index (χ4v) is 1.90. The van der Waals surface area contributed by atoms with E-state index in [-0.39, 0.29) is 18.2 Å². The zero-order valence-electron chi connectivity index (χ0n) is 10.7. The van der Waals surface area contributed by atoms with Crippen molar-refractivity contribution in [2.24, 2.45) is 0 Å². The molecule has 1 aliphatic rings. The molecule has 1 aromatic carbocycles. The van der Waals surface area contributed by atoms with Crippen molar-refractivity contribution in [2.75, 3.05) is 13.7 Å². The van der Waals surface area contributed by atoms with Gasteiger partial charge in [0.2, 0.25) is 0 Å². The number of carbonyl (C=O) groups is 1. The molecule has 1 heterocycles. The summed E-state index contributed by atoms with van der Waals surface area (Å²) in [5, 5.41) is 0. The van der Waals surface area contributed by atoms with Crippen LogP contribution in [0, 0.1) is 0 Å². The molecule has 0 saturated carbocycles. The second-order valence-corrected chi connectivity index (χ2v) is 4.48. The Balaban J connectivity index is 1.90. The summed E-state index contributed by atoms with van der Waals surface area (Å²) in [6, 6.07) is 6.90. The number of rotatable bonds is 3. The first-order valence-corrected chi connectivity index (χ1v) is 6.15. The van der Waals surface area contributed by atoms with E-state index < -0.39 is 0 Å². The maximum atomic E-state index is 11.9. The predicted molar refractivity (Wildman–Crippen MR) is 66.8 cm³/mol. The lowest BCUT2D eigenvalue weighted by Crippen LogP contribution is -2.31. The van der Waals surface area contributed by atoms with Gasteiger partial charge in [-0.25, -0.2) is 4.79 Å². The van der Waals surface area contributed by atoms with Crippen molar-refractivity contribution >= 4 is 5.97 Å². The zero-order chi connectivity index (χ0) is 13.0. The van der Waals surface area contributed by atoms with Crippen LogP contribution >= 0.6 is 0 Å². The van der Waals surface area contributed by atoms with E-state index >= 15 is 0 Å². The highest BCUT2D eigenvalue weighted by molar-refractivity contribution is 5.89. The molecule has 18 heavy (non-hydrogen) atoms. The number of hydrogen-bond donors (Lipinski definition) is 0. The fraction of sp³-hybridized carbons (Fsp3) is 0.500. The summed E-state index contributed by atoms with van der Waals surface area (Å²) >= 11 is 0. The summed E-state index contributed by atoms with van der Waals surface area (Å²) in [6.45, 7) is 2.52. The van der Waals surface area contributed by atoms with Gasteiger partial charge in [0.1, 0.15) is 11.9 Å². The van der Waals surface area contributed by atoms with Crippen molar-refractivity contribution in [1.29, 1.82) is 0 Å². The van der Waals surface area contributed by atoms with Crippen LogP contribution < -0.4 is 4.74 Å². The molecule has 0 N–H and O–H groups in total. The third-order valence-electron chi connectivity index (χ3n) is 3.06. The van der Waals surface area contributed by atoms with Gasteiger partial charge >= 0.3 is 5.97 Å². The number of ether oxygens (including phenoxy) is 3. The van der Waals surface area contributed by atoms with Crippen molar-refractivity contribution in [1.82, 2.24) is 0 Å². The Hall–Kier alpha value is -1.55. The molecule has 98 valence electrons. The van der Waals surface area contributed by atoms with Gasteiger partial charge in [-0.05, 0) is 44.0 Å². The molecule has 2 unspecified atom stereocenters. The van der Waals surface area contributed by atoms with E-state index in [0.717, 1.165) is 18.6 Å². The third-order valence-corrected chi connectivity index (χ3v) is 3.06. The molecular formula is C14H18O4. The van der Waals surface area contributed by atoms with Gasteiger partial charge in [-0.2, -0.15) is 0 Å². The van der Waals surface area contributed by atoms with Gasteiger partial charge in [0.05, 0.1) is 25.4 Å². The minimum Gasteiger partial charge on any atom is -0.497 e. The highest BCUT2D eigenvalue weighted by Gasteiger charge is 2.22. The van der Waals surface area contributed by atoms with Gasteiger partial charge in [-0.3, -0.25) is 0 Å². The van der Waals surface area contributed by atoms with Crippen molar-refractivity contribution in [3.63, 3.8) is 0 Å². The van der Waals surface area contributed by atoms with Crippen LogP contribution in [0.1, 0.15) is 30.1 Å². The predicted octanol–water partition coefficient (Wildman–Crippen LogP) is 2.42. The maximum absolute atomic E-state index is 11.9. The van der Waals surface area contributed by atoms with Crippen LogP contribution in [0.2, 0.25) is 0 Å². The number of hydrogen-bond acceptors (Lipinski definition) is 4. The highest BCUT2D eigenvalue weighted by atomic mass is 16.6. The van der Waals surface area contributed by atoms with Crippen LogP contribution in [0.4, 0.5) is 0 Å². The average Bonchev–Trinajstić information content (AvgIpc) is 2.41. The molecule has 1 aliphatic heterocycles. The summed E-state index contributed by atoms with van der Waals surface area (Å²) in [5.41, 5.74) is 0.537. The van der Waals surface area contributed by atoms with E-state index in [4.69, 9.17) is 14.2 Å². The molecule has 1 saturated heterocycles. The standard InChI is InChI=1S/C14H18O4/c1-10-3-6-13(9-17-10)18-14(15)11-4-7-12(16-2)8-5-11/h4-5,7-8,10,13H,3,6,9H2,1-2H3. The first-order chi connectivity index (χ1) is 8.69. The summed E-state index contributed by atoms with van der Waals surface area (Å²) in [4.78, 5) is 11.9. The fourth-order valence-electron chi connectivity index (χ4n) is 1.90. The van der Waals surface area contributed by atoms with Gasteiger partial charge in [0, 0.05) is 0 Å². The van der Waals surface area contributed by atoms with Crippen molar-refractivity contribution in [3.05, 3.63) is 29.8 Å². The zero-order valence-corrected chi connectivity index (χ0v) is 10.7. The molecule has 0 spiro atoms. The molecule has 1 aromatic rings. The first-order valence-electron chi connectivity index (χ1n) is 6.15. The Bertz CT molecular complexity index is 391. The van der Waals surface area contributed by atoms with Crippen LogP contribution in [0.25, 0.3) is 0 Å². The average molecular weight is 250 g/mol. The second kappa shape index (κ2) is 5.87. The monoisotopic (exact) mass is 250 g/mol. The summed E-state index contributed by atoms with van der Waals surface area (Å²) < 4.78 is 15.9. The highest BCUT2D eigenvalue weighted by Crippen LogP contribution is 2.18. The van der Waals surface area contributed by atoms with E-state index in [2.05, 4.69) is 0 Å². The lowest BCUT2D eigenvalue weighted by Gasteiger charge is -2.26. The van der Waals surface area contributed by atoms with Crippen LogP contribution in [0.5, 0.6) is 5.75 Å². The summed E-state index contributed by atoms with van der Waals surface area (Å²) in [5.74, 6) is 0.419. The SMILES string of the molecule is COc1ccc(C(=O)OC2CCC(C)OC2)cc1. The minimum atomic E-state index is -0.305. The Labute approximate surface area is 107 Å². The van der Waals surface area contributed by atoms with Gasteiger partial charge in [0.25, 0.3) is 0 Å². The number of esters is 1. The van der Waals surface area contributed by atoms with Crippen molar-refractivity contribution < 1.29 is 19.0 Å². The molecule has 0 radical (unpaired) electrons. The number of carbonyl (C=O) groups excluding carboxylic acids is 1. The van der Waals surface area contributed by atoms with Gasteiger partial charge < -0.3 is 14.2 Å². The van der Waals surface area contributed by atoms with E-state index in [1.165, 1.54) is 0 Å². The Kier molecular flexibility index (Phi) is 4.20. The summed E-state index contributed by atoms with van der Waals surface area (Å²) in [7, 11) is 1.59. The second-order valence-electron chi connectivity index (χ2n) is 4.48. The Morgan fingerprint density at radius 1 is 1.28 bits per heavy atom. The first kappa shape index (κ1) is 12.9. The molecule has 0 aliphatic carbocycles. The van der Waals surface area contributed by atoms with E-state index in [0.29, 0.717) is 12.2 Å². The largest absolute Gasteiger partial charge is 0.497 e. The number of methoxy groups -OCH3 is 1. The minimum absolute atomic E-state index is 0.129. The smallest absolute Gasteiger partial charge is 0.338 e. The van der Waals surface area contributed by atoms with E-state index in [1.54, 1.807) is 31.4 Å². The quantitative estimate of drug-likeness (QED) is 0.773. The van der Waals surface area contributed by atoms with Crippen LogP contribution in [-0.2, 0) is 9.47 Å². The molecule has 1 fully saturated rings. The van der Waals surface area contributed by atoms with Crippen LogP contribution in [0.15, 0.2) is 24.3 Å². The van der Waals surface area contributed by atoms with Crippen molar-refractivity contribution in [2.45, 2.75) is 32.0 Å². The van der Waals surface area contributed by atoms with Crippen LogP contribution in [-0.4, -0.2) is 31.9 Å². The lowest BCUT2D eigenvalue weighted by molar-refractivity contribution is -0.0602. The molecule has 0 amide bonds. The third kappa shape index (κ3) is 3.23. The normalized spacial score (nSPS) is 23.4.